The quantitative estimate of drug-likeness (QED) is 0.406. The maximum absolute atomic E-state index is 13.8. The number of amides is 1. The van der Waals surface area contributed by atoms with Gasteiger partial charge in [-0.15, -0.1) is 0 Å². The number of para-hydroxylation sites is 1. The minimum Gasteiger partial charge on any atom is -0.367 e. The first kappa shape index (κ1) is 22.7. The van der Waals surface area contributed by atoms with Crippen LogP contribution in [0.15, 0.2) is 66.7 Å². The molecule has 0 aliphatic carbocycles. The number of nitrogens with zero attached hydrogens (tertiary/aromatic N) is 1. The smallest absolute Gasteiger partial charge is 0.251 e. The van der Waals surface area contributed by atoms with Crippen LogP contribution in [0.25, 0.3) is 0 Å². The van der Waals surface area contributed by atoms with Crippen LogP contribution in [0.2, 0.25) is 5.02 Å². The summed E-state index contributed by atoms with van der Waals surface area (Å²) in [6.07, 6.45) is 2.30. The number of fused-ring (bicyclic) bond motifs is 1. The van der Waals surface area contributed by atoms with Gasteiger partial charge in [-0.3, -0.25) is 4.79 Å². The zero-order chi connectivity index (χ0) is 22.3. The number of carbonyl (C=O) groups excluding carboxylic acids is 1. The van der Waals surface area contributed by atoms with Crippen LogP contribution in [0.4, 0.5) is 10.1 Å². The van der Waals surface area contributed by atoms with Crippen molar-refractivity contribution in [3.63, 3.8) is 0 Å². The Morgan fingerprint density at radius 2 is 1.88 bits per heavy atom. The van der Waals surface area contributed by atoms with E-state index in [1.54, 1.807) is 23.9 Å². The molecule has 0 saturated heterocycles. The minimum absolute atomic E-state index is 0.0932. The van der Waals surface area contributed by atoms with Crippen LogP contribution in [0, 0.1) is 5.82 Å². The van der Waals surface area contributed by atoms with Gasteiger partial charge in [-0.25, -0.2) is 4.39 Å². The van der Waals surface area contributed by atoms with Crippen LogP contribution in [-0.4, -0.2) is 24.7 Å². The molecule has 3 aromatic carbocycles. The fourth-order valence-electron chi connectivity index (χ4n) is 3.94. The lowest BCUT2D eigenvalue weighted by Gasteiger charge is -2.31. The van der Waals surface area contributed by atoms with E-state index in [0.717, 1.165) is 19.5 Å². The first-order valence-electron chi connectivity index (χ1n) is 10.8. The van der Waals surface area contributed by atoms with Gasteiger partial charge in [-0.2, -0.15) is 11.8 Å². The maximum Gasteiger partial charge on any atom is 0.251 e. The molecule has 0 unspecified atom stereocenters. The summed E-state index contributed by atoms with van der Waals surface area (Å²) in [5, 5.41) is 3.37. The van der Waals surface area contributed by atoms with Crippen molar-refractivity contribution < 1.29 is 9.18 Å². The third-order valence-corrected chi connectivity index (χ3v) is 6.98. The standard InChI is InChI=1S/C26H26ClFN2OS/c27-23-7-3-8-24(28)22(23)18-32-16-14-29-26(31)21-12-10-19(11-13-21)17-30-15-4-6-20-5-1-2-9-25(20)30/h1-3,5,7-13H,4,6,14-18H2,(H,29,31). The fourth-order valence-corrected chi connectivity index (χ4v) is 5.14. The molecule has 4 rings (SSSR count). The summed E-state index contributed by atoms with van der Waals surface area (Å²) in [6, 6.07) is 21.1. The molecule has 0 aromatic heterocycles. The fraction of sp³-hybridized carbons (Fsp3) is 0.269. The first-order chi connectivity index (χ1) is 15.6. The van der Waals surface area contributed by atoms with Crippen LogP contribution in [-0.2, 0) is 18.7 Å². The summed E-state index contributed by atoms with van der Waals surface area (Å²) in [7, 11) is 0. The number of nitrogens with one attached hydrogen (secondary N) is 1. The molecule has 0 saturated carbocycles. The minimum atomic E-state index is -0.290. The van der Waals surface area contributed by atoms with Gasteiger partial charge in [0.25, 0.3) is 5.91 Å². The van der Waals surface area contributed by atoms with Crippen molar-refractivity contribution in [3.8, 4) is 0 Å². The Morgan fingerprint density at radius 3 is 2.69 bits per heavy atom. The number of carbonyl (C=O) groups is 1. The topological polar surface area (TPSA) is 32.3 Å². The summed E-state index contributed by atoms with van der Waals surface area (Å²) >= 11 is 7.59. The molecule has 6 heteroatoms. The average molecular weight is 469 g/mol. The molecule has 0 atom stereocenters. The lowest BCUT2D eigenvalue weighted by atomic mass is 10.0. The number of hydrogen-bond acceptors (Lipinski definition) is 3. The van der Waals surface area contributed by atoms with Gasteiger partial charge in [0, 0.05) is 53.0 Å². The van der Waals surface area contributed by atoms with Crippen LogP contribution >= 0.6 is 23.4 Å². The SMILES string of the molecule is O=C(NCCSCc1c(F)cccc1Cl)c1ccc(CN2CCCc3ccccc32)cc1. The highest BCUT2D eigenvalue weighted by Crippen LogP contribution is 2.28. The molecule has 1 amide bonds. The number of anilines is 1. The van der Waals surface area contributed by atoms with E-state index in [2.05, 4.69) is 34.5 Å². The molecule has 0 fully saturated rings. The van der Waals surface area contributed by atoms with E-state index >= 15 is 0 Å². The first-order valence-corrected chi connectivity index (χ1v) is 12.4. The second-order valence-electron chi connectivity index (χ2n) is 7.86. The van der Waals surface area contributed by atoms with E-state index in [4.69, 9.17) is 11.6 Å². The van der Waals surface area contributed by atoms with E-state index in [0.29, 0.717) is 34.2 Å². The van der Waals surface area contributed by atoms with Gasteiger partial charge in [0.05, 0.1) is 0 Å². The summed E-state index contributed by atoms with van der Waals surface area (Å²) in [4.78, 5) is 14.8. The Hall–Kier alpha value is -2.50. The number of halogens is 2. The van der Waals surface area contributed by atoms with E-state index in [1.807, 2.05) is 24.3 Å². The molecule has 1 heterocycles. The molecule has 0 radical (unpaired) electrons. The van der Waals surface area contributed by atoms with Crippen molar-refractivity contribution in [2.24, 2.45) is 0 Å². The van der Waals surface area contributed by atoms with Crippen molar-refractivity contribution >= 4 is 35.0 Å². The molecule has 3 aromatic rings. The Bertz CT molecular complexity index is 1050. The second-order valence-corrected chi connectivity index (χ2v) is 9.37. The second kappa shape index (κ2) is 10.9. The molecule has 0 spiro atoms. The zero-order valence-electron chi connectivity index (χ0n) is 17.8. The monoisotopic (exact) mass is 468 g/mol. The molecule has 32 heavy (non-hydrogen) atoms. The normalized spacial score (nSPS) is 13.0. The van der Waals surface area contributed by atoms with E-state index in [1.165, 1.54) is 29.3 Å². The van der Waals surface area contributed by atoms with Crippen molar-refractivity contribution in [2.75, 3.05) is 23.7 Å². The number of thioether (sulfide) groups is 1. The Kier molecular flexibility index (Phi) is 7.72. The summed E-state index contributed by atoms with van der Waals surface area (Å²) in [6.45, 7) is 2.41. The third kappa shape index (κ3) is 5.64. The van der Waals surface area contributed by atoms with Gasteiger partial charge in [-0.1, -0.05) is 48.0 Å². The highest BCUT2D eigenvalue weighted by atomic mass is 35.5. The summed E-state index contributed by atoms with van der Waals surface area (Å²) < 4.78 is 13.8. The van der Waals surface area contributed by atoms with Crippen LogP contribution in [0.5, 0.6) is 0 Å². The van der Waals surface area contributed by atoms with Crippen LogP contribution < -0.4 is 10.2 Å². The summed E-state index contributed by atoms with van der Waals surface area (Å²) in [5.74, 6) is 0.782. The number of rotatable bonds is 8. The molecule has 1 aliphatic heterocycles. The van der Waals surface area contributed by atoms with E-state index < -0.39 is 0 Å². The molecular formula is C26H26ClFN2OS. The van der Waals surface area contributed by atoms with Crippen molar-refractivity contribution in [3.05, 3.63) is 99.8 Å². The largest absolute Gasteiger partial charge is 0.367 e. The Balaban J connectivity index is 1.24. The molecule has 1 aliphatic rings. The van der Waals surface area contributed by atoms with Gasteiger partial charge < -0.3 is 10.2 Å². The summed E-state index contributed by atoms with van der Waals surface area (Å²) in [5.41, 5.74) is 5.07. The molecule has 0 bridgehead atoms. The Morgan fingerprint density at radius 1 is 1.06 bits per heavy atom. The molecule has 3 nitrogen and oxygen atoms in total. The van der Waals surface area contributed by atoms with E-state index in [-0.39, 0.29) is 11.7 Å². The Labute approximate surface area is 198 Å². The van der Waals surface area contributed by atoms with Gasteiger partial charge >= 0.3 is 0 Å². The lowest BCUT2D eigenvalue weighted by Crippen LogP contribution is -2.29. The van der Waals surface area contributed by atoms with Crippen molar-refractivity contribution in [2.45, 2.75) is 25.1 Å². The van der Waals surface area contributed by atoms with E-state index in [9.17, 15) is 9.18 Å². The predicted octanol–water partition coefficient (Wildman–Crippen LogP) is 6.10. The molecule has 166 valence electrons. The number of benzene rings is 3. The van der Waals surface area contributed by atoms with Gasteiger partial charge in [0.1, 0.15) is 5.82 Å². The predicted molar refractivity (Wildman–Crippen MR) is 132 cm³/mol. The van der Waals surface area contributed by atoms with Gasteiger partial charge in [-0.05, 0) is 54.3 Å². The number of aryl methyl sites for hydroxylation is 1. The lowest BCUT2D eigenvalue weighted by molar-refractivity contribution is 0.0956. The average Bonchev–Trinajstić information content (AvgIpc) is 2.81. The third-order valence-electron chi connectivity index (χ3n) is 5.64. The van der Waals surface area contributed by atoms with Crippen molar-refractivity contribution in [1.29, 1.82) is 0 Å². The highest BCUT2D eigenvalue weighted by Gasteiger charge is 2.16. The van der Waals surface area contributed by atoms with Crippen LogP contribution in [0.3, 0.4) is 0 Å². The van der Waals surface area contributed by atoms with Gasteiger partial charge in [0.2, 0.25) is 0 Å². The van der Waals surface area contributed by atoms with Crippen LogP contribution in [0.1, 0.15) is 33.5 Å². The molecular weight excluding hydrogens is 443 g/mol. The highest BCUT2D eigenvalue weighted by molar-refractivity contribution is 7.98. The number of hydrogen-bond donors (Lipinski definition) is 1. The van der Waals surface area contributed by atoms with Crippen molar-refractivity contribution in [1.82, 2.24) is 5.32 Å². The maximum atomic E-state index is 13.8. The molecule has 1 N–H and O–H groups in total. The zero-order valence-corrected chi connectivity index (χ0v) is 19.4. The van der Waals surface area contributed by atoms with Gasteiger partial charge in [0.15, 0.2) is 0 Å².